The van der Waals surface area contributed by atoms with Crippen LogP contribution in [0.15, 0.2) is 48.7 Å². The van der Waals surface area contributed by atoms with Gasteiger partial charge in [-0.2, -0.15) is 0 Å². The van der Waals surface area contributed by atoms with Crippen molar-refractivity contribution in [1.29, 1.82) is 0 Å². The molecule has 0 radical (unpaired) electrons. The van der Waals surface area contributed by atoms with Gasteiger partial charge in [0, 0.05) is 23.8 Å². The van der Waals surface area contributed by atoms with Crippen molar-refractivity contribution >= 4 is 16.6 Å². The number of aryl methyl sites for hydroxylation is 3. The Morgan fingerprint density at radius 3 is 2.43 bits per heavy atom. The van der Waals surface area contributed by atoms with E-state index in [0.29, 0.717) is 0 Å². The van der Waals surface area contributed by atoms with Crippen LogP contribution < -0.4 is 5.32 Å². The molecular formula is C19H20N2. The van der Waals surface area contributed by atoms with Gasteiger partial charge in [0.25, 0.3) is 0 Å². The molecule has 1 aromatic heterocycles. The normalized spacial score (nSPS) is 10.8. The molecule has 1 heterocycles. The molecule has 0 fully saturated rings. The lowest BCUT2D eigenvalue weighted by atomic mass is 10.0. The summed E-state index contributed by atoms with van der Waals surface area (Å²) >= 11 is 0. The monoisotopic (exact) mass is 276 g/mol. The second-order valence-corrected chi connectivity index (χ2v) is 5.62. The molecule has 2 aromatic carbocycles. The van der Waals surface area contributed by atoms with E-state index in [0.717, 1.165) is 12.1 Å². The number of benzene rings is 2. The first-order chi connectivity index (χ1) is 10.1. The maximum absolute atomic E-state index is 4.51. The van der Waals surface area contributed by atoms with Crippen molar-refractivity contribution in [3.8, 4) is 0 Å². The van der Waals surface area contributed by atoms with Crippen LogP contribution in [0.2, 0.25) is 0 Å². The predicted molar refractivity (Wildman–Crippen MR) is 89.7 cm³/mol. The second kappa shape index (κ2) is 5.57. The molecule has 0 aliphatic heterocycles. The fourth-order valence-electron chi connectivity index (χ4n) is 2.95. The molecule has 2 heteroatoms. The van der Waals surface area contributed by atoms with Gasteiger partial charge in [0.05, 0.1) is 5.52 Å². The highest BCUT2D eigenvalue weighted by molar-refractivity contribution is 5.81. The van der Waals surface area contributed by atoms with Crippen molar-refractivity contribution in [1.82, 2.24) is 4.98 Å². The average molecular weight is 276 g/mol. The summed E-state index contributed by atoms with van der Waals surface area (Å²) in [4.78, 5) is 4.51. The Morgan fingerprint density at radius 2 is 1.67 bits per heavy atom. The summed E-state index contributed by atoms with van der Waals surface area (Å²) in [5, 5.41) is 4.77. The van der Waals surface area contributed by atoms with Crippen LogP contribution >= 0.6 is 0 Å². The van der Waals surface area contributed by atoms with Crippen molar-refractivity contribution in [2.45, 2.75) is 27.3 Å². The molecule has 0 saturated carbocycles. The van der Waals surface area contributed by atoms with E-state index in [1.807, 2.05) is 12.3 Å². The van der Waals surface area contributed by atoms with Crippen LogP contribution in [0.25, 0.3) is 10.9 Å². The number of para-hydroxylation sites is 1. The average Bonchev–Trinajstić information content (AvgIpc) is 2.46. The SMILES string of the molecule is Cc1cc(C)c(NCc2cccc3cccnc23)c(C)c1. The third-order valence-electron chi connectivity index (χ3n) is 3.85. The summed E-state index contributed by atoms with van der Waals surface area (Å²) in [6, 6.07) is 14.9. The maximum Gasteiger partial charge on any atom is 0.0751 e. The van der Waals surface area contributed by atoms with Crippen LogP contribution in [0.1, 0.15) is 22.3 Å². The van der Waals surface area contributed by atoms with Crippen molar-refractivity contribution < 1.29 is 0 Å². The Kier molecular flexibility index (Phi) is 3.61. The number of hydrogen-bond acceptors (Lipinski definition) is 2. The number of nitrogens with one attached hydrogen (secondary N) is 1. The number of anilines is 1. The Balaban J connectivity index is 1.91. The van der Waals surface area contributed by atoms with E-state index in [1.165, 1.54) is 33.3 Å². The highest BCUT2D eigenvalue weighted by Gasteiger charge is 2.05. The van der Waals surface area contributed by atoms with Crippen molar-refractivity contribution in [3.63, 3.8) is 0 Å². The summed E-state index contributed by atoms with van der Waals surface area (Å²) in [7, 11) is 0. The molecule has 21 heavy (non-hydrogen) atoms. The third kappa shape index (κ3) is 2.75. The van der Waals surface area contributed by atoms with E-state index < -0.39 is 0 Å². The van der Waals surface area contributed by atoms with E-state index in [2.05, 4.69) is 67.5 Å². The van der Waals surface area contributed by atoms with E-state index in [1.54, 1.807) is 0 Å². The number of pyridine rings is 1. The first-order valence-electron chi connectivity index (χ1n) is 7.29. The van der Waals surface area contributed by atoms with Gasteiger partial charge in [0.2, 0.25) is 0 Å². The molecule has 0 aliphatic rings. The van der Waals surface area contributed by atoms with Gasteiger partial charge >= 0.3 is 0 Å². The van der Waals surface area contributed by atoms with Gasteiger partial charge in [0.1, 0.15) is 0 Å². The lowest BCUT2D eigenvalue weighted by Gasteiger charge is -2.14. The van der Waals surface area contributed by atoms with Gasteiger partial charge in [-0.15, -0.1) is 0 Å². The van der Waals surface area contributed by atoms with Gasteiger partial charge in [-0.05, 0) is 43.5 Å². The molecule has 3 aromatic rings. The minimum Gasteiger partial charge on any atom is -0.380 e. The summed E-state index contributed by atoms with van der Waals surface area (Å²) in [6.45, 7) is 7.24. The van der Waals surface area contributed by atoms with Crippen LogP contribution in [0, 0.1) is 20.8 Å². The molecular weight excluding hydrogens is 256 g/mol. The summed E-state index contributed by atoms with van der Waals surface area (Å²) < 4.78 is 0. The highest BCUT2D eigenvalue weighted by Crippen LogP contribution is 2.24. The molecule has 0 aliphatic carbocycles. The Labute approximate surface area is 125 Å². The lowest BCUT2D eigenvalue weighted by molar-refractivity contribution is 1.13. The number of fused-ring (bicyclic) bond motifs is 1. The minimum atomic E-state index is 0.791. The standard InChI is InChI=1S/C19H20N2/c1-13-10-14(2)18(15(3)11-13)21-12-17-7-4-6-16-8-5-9-20-19(16)17/h4-11,21H,12H2,1-3H3. The van der Waals surface area contributed by atoms with Crippen molar-refractivity contribution in [2.24, 2.45) is 0 Å². The van der Waals surface area contributed by atoms with Gasteiger partial charge in [-0.1, -0.05) is 42.0 Å². The van der Waals surface area contributed by atoms with Gasteiger partial charge in [-0.25, -0.2) is 0 Å². The van der Waals surface area contributed by atoms with Gasteiger partial charge < -0.3 is 5.32 Å². The Hall–Kier alpha value is -2.35. The Bertz CT molecular complexity index is 762. The number of nitrogens with zero attached hydrogens (tertiary/aromatic N) is 1. The molecule has 0 bridgehead atoms. The number of rotatable bonds is 3. The smallest absolute Gasteiger partial charge is 0.0751 e. The van der Waals surface area contributed by atoms with E-state index in [9.17, 15) is 0 Å². The molecule has 1 N–H and O–H groups in total. The van der Waals surface area contributed by atoms with Crippen LogP contribution in [-0.2, 0) is 6.54 Å². The van der Waals surface area contributed by atoms with E-state index >= 15 is 0 Å². The zero-order valence-corrected chi connectivity index (χ0v) is 12.8. The summed E-state index contributed by atoms with van der Waals surface area (Å²) in [5.41, 5.74) is 7.43. The van der Waals surface area contributed by atoms with Crippen LogP contribution in [0.4, 0.5) is 5.69 Å². The zero-order valence-electron chi connectivity index (χ0n) is 12.8. The lowest BCUT2D eigenvalue weighted by Crippen LogP contribution is -2.04. The topological polar surface area (TPSA) is 24.9 Å². The fraction of sp³-hybridized carbons (Fsp3) is 0.211. The quantitative estimate of drug-likeness (QED) is 0.745. The number of hydrogen-bond donors (Lipinski definition) is 1. The first-order valence-corrected chi connectivity index (χ1v) is 7.29. The molecule has 0 saturated heterocycles. The Morgan fingerprint density at radius 1 is 0.952 bits per heavy atom. The van der Waals surface area contributed by atoms with E-state index in [-0.39, 0.29) is 0 Å². The second-order valence-electron chi connectivity index (χ2n) is 5.62. The number of aromatic nitrogens is 1. The van der Waals surface area contributed by atoms with Gasteiger partial charge in [-0.3, -0.25) is 4.98 Å². The minimum absolute atomic E-state index is 0.791. The first kappa shape index (κ1) is 13.6. The van der Waals surface area contributed by atoms with E-state index in [4.69, 9.17) is 0 Å². The fourth-order valence-corrected chi connectivity index (χ4v) is 2.95. The van der Waals surface area contributed by atoms with Crippen LogP contribution in [0.5, 0.6) is 0 Å². The third-order valence-corrected chi connectivity index (χ3v) is 3.85. The molecule has 0 atom stereocenters. The van der Waals surface area contributed by atoms with Crippen molar-refractivity contribution in [3.05, 3.63) is 70.9 Å². The molecule has 0 amide bonds. The molecule has 106 valence electrons. The van der Waals surface area contributed by atoms with Crippen molar-refractivity contribution in [2.75, 3.05) is 5.32 Å². The molecule has 0 spiro atoms. The predicted octanol–water partition coefficient (Wildman–Crippen LogP) is 4.77. The highest BCUT2D eigenvalue weighted by atomic mass is 14.9. The van der Waals surface area contributed by atoms with Gasteiger partial charge in [0.15, 0.2) is 0 Å². The summed E-state index contributed by atoms with van der Waals surface area (Å²) in [6.07, 6.45) is 1.86. The zero-order chi connectivity index (χ0) is 14.8. The largest absolute Gasteiger partial charge is 0.380 e. The van der Waals surface area contributed by atoms with Crippen LogP contribution in [-0.4, -0.2) is 4.98 Å². The van der Waals surface area contributed by atoms with Crippen LogP contribution in [0.3, 0.4) is 0 Å². The molecule has 0 unspecified atom stereocenters. The molecule has 2 nitrogen and oxygen atoms in total. The summed E-state index contributed by atoms with van der Waals surface area (Å²) in [5.74, 6) is 0. The molecule has 3 rings (SSSR count). The maximum atomic E-state index is 4.51.